The Hall–Kier alpha value is -0.935. The van der Waals surface area contributed by atoms with Crippen molar-refractivity contribution in [1.82, 2.24) is 0 Å². The predicted octanol–water partition coefficient (Wildman–Crippen LogP) is 0.522. The molecule has 1 aromatic rings. The van der Waals surface area contributed by atoms with Gasteiger partial charge in [0, 0.05) is 0 Å². The molecule has 74 valence electrons. The van der Waals surface area contributed by atoms with Crippen molar-refractivity contribution in [2.45, 2.75) is 18.8 Å². The Morgan fingerprint density at radius 3 is 2.00 bits per heavy atom. The van der Waals surface area contributed by atoms with Crippen molar-refractivity contribution in [3.63, 3.8) is 0 Å². The Bertz CT molecular complexity index is 341. The Labute approximate surface area is 80.3 Å². The molecule has 1 fully saturated rings. The van der Waals surface area contributed by atoms with Gasteiger partial charge in [-0.1, -0.05) is 0 Å². The summed E-state index contributed by atoms with van der Waals surface area (Å²) >= 11 is 0. The van der Waals surface area contributed by atoms with Crippen LogP contribution in [0.2, 0.25) is 0 Å². The minimum absolute atomic E-state index is 0.240. The van der Waals surface area contributed by atoms with Crippen LogP contribution >= 0.6 is 0 Å². The van der Waals surface area contributed by atoms with Crippen LogP contribution in [0.15, 0.2) is 12.1 Å². The van der Waals surface area contributed by atoms with E-state index < -0.39 is 24.2 Å². The Morgan fingerprint density at radius 1 is 1.14 bits per heavy atom. The zero-order chi connectivity index (χ0) is 10.3. The molecule has 1 saturated carbocycles. The van der Waals surface area contributed by atoms with Crippen LogP contribution in [-0.2, 0) is 0 Å². The molecule has 1 aromatic carbocycles. The number of benzene rings is 1. The Morgan fingerprint density at radius 2 is 1.64 bits per heavy atom. The van der Waals surface area contributed by atoms with Crippen molar-refractivity contribution in [2.75, 3.05) is 0 Å². The number of rotatable bonds is 2. The van der Waals surface area contributed by atoms with Crippen LogP contribution in [-0.4, -0.2) is 17.2 Å². The first-order valence-electron chi connectivity index (χ1n) is 4.44. The lowest BCUT2D eigenvalue weighted by Gasteiger charge is -2.06. The van der Waals surface area contributed by atoms with Crippen LogP contribution in [0.5, 0.6) is 0 Å². The van der Waals surface area contributed by atoms with E-state index in [1.165, 1.54) is 12.1 Å². The smallest absolute Gasteiger partial charge is 0.423 e. The molecule has 0 unspecified atom stereocenters. The SMILES string of the molecule is OB(O)c1c(F)cc(C2CC2)cc1F. The first-order valence-corrected chi connectivity index (χ1v) is 4.44. The van der Waals surface area contributed by atoms with Crippen LogP contribution < -0.4 is 5.46 Å². The van der Waals surface area contributed by atoms with E-state index in [2.05, 4.69) is 0 Å². The van der Waals surface area contributed by atoms with Crippen LogP contribution in [0.3, 0.4) is 0 Å². The third kappa shape index (κ3) is 1.65. The fraction of sp³-hybridized carbons (Fsp3) is 0.333. The summed E-state index contributed by atoms with van der Waals surface area (Å²) in [7, 11) is -2.09. The fourth-order valence-corrected chi connectivity index (χ4v) is 1.50. The van der Waals surface area contributed by atoms with Crippen molar-refractivity contribution in [3.8, 4) is 0 Å². The van der Waals surface area contributed by atoms with E-state index in [0.29, 0.717) is 5.56 Å². The molecule has 0 radical (unpaired) electrons. The topological polar surface area (TPSA) is 40.5 Å². The van der Waals surface area contributed by atoms with Crippen LogP contribution in [0, 0.1) is 11.6 Å². The molecular formula is C9H9BF2O2. The summed E-state index contributed by atoms with van der Waals surface area (Å²) in [6, 6.07) is 2.35. The number of halogens is 2. The second kappa shape index (κ2) is 3.33. The summed E-state index contributed by atoms with van der Waals surface area (Å²) < 4.78 is 26.4. The average molecular weight is 198 g/mol. The van der Waals surface area contributed by atoms with E-state index in [0.717, 1.165) is 12.8 Å². The van der Waals surface area contributed by atoms with Gasteiger partial charge in [0.1, 0.15) is 11.6 Å². The van der Waals surface area contributed by atoms with E-state index >= 15 is 0 Å². The maximum atomic E-state index is 13.2. The lowest BCUT2D eigenvalue weighted by atomic mass is 9.78. The highest BCUT2D eigenvalue weighted by molar-refractivity contribution is 6.58. The van der Waals surface area contributed by atoms with Crippen LogP contribution in [0.25, 0.3) is 0 Å². The molecule has 1 aliphatic rings. The highest BCUT2D eigenvalue weighted by atomic mass is 19.1. The van der Waals surface area contributed by atoms with Gasteiger partial charge < -0.3 is 10.0 Å². The second-order valence-corrected chi connectivity index (χ2v) is 3.55. The standard InChI is InChI=1S/C9H9BF2O2/c11-7-3-6(5-1-2-5)4-8(12)9(7)10(13)14/h3-5,13-14H,1-2H2. The van der Waals surface area contributed by atoms with Crippen LogP contribution in [0.4, 0.5) is 8.78 Å². The van der Waals surface area contributed by atoms with Crippen molar-refractivity contribution in [3.05, 3.63) is 29.3 Å². The van der Waals surface area contributed by atoms with Gasteiger partial charge in [0.25, 0.3) is 0 Å². The Balaban J connectivity index is 2.43. The summed E-state index contributed by atoms with van der Waals surface area (Å²) in [5, 5.41) is 17.4. The molecule has 0 saturated heterocycles. The maximum Gasteiger partial charge on any atom is 0.494 e. The monoisotopic (exact) mass is 198 g/mol. The molecule has 14 heavy (non-hydrogen) atoms. The van der Waals surface area contributed by atoms with Crippen molar-refractivity contribution in [2.24, 2.45) is 0 Å². The molecule has 1 aliphatic carbocycles. The first-order chi connectivity index (χ1) is 6.59. The van der Waals surface area contributed by atoms with Gasteiger partial charge in [-0.2, -0.15) is 0 Å². The predicted molar refractivity (Wildman–Crippen MR) is 48.2 cm³/mol. The third-order valence-corrected chi connectivity index (χ3v) is 2.41. The van der Waals surface area contributed by atoms with Gasteiger partial charge in [0.2, 0.25) is 0 Å². The van der Waals surface area contributed by atoms with Gasteiger partial charge in [-0.15, -0.1) is 0 Å². The molecule has 0 atom stereocenters. The summed E-state index contributed by atoms with van der Waals surface area (Å²) in [5.41, 5.74) is -0.0706. The van der Waals surface area contributed by atoms with Gasteiger partial charge in [0.15, 0.2) is 0 Å². The summed E-state index contributed by atoms with van der Waals surface area (Å²) in [5.74, 6) is -1.53. The molecule has 0 bridgehead atoms. The minimum atomic E-state index is -2.09. The highest BCUT2D eigenvalue weighted by Gasteiger charge is 2.28. The zero-order valence-corrected chi connectivity index (χ0v) is 7.37. The van der Waals surface area contributed by atoms with Crippen molar-refractivity contribution >= 4 is 12.6 Å². The molecule has 2 N–H and O–H groups in total. The van der Waals surface area contributed by atoms with Gasteiger partial charge >= 0.3 is 7.12 Å². The molecule has 0 spiro atoms. The number of hydrogen-bond acceptors (Lipinski definition) is 2. The molecule has 0 aromatic heterocycles. The molecule has 0 heterocycles. The number of hydrogen-bond donors (Lipinski definition) is 2. The normalized spacial score (nSPS) is 15.7. The van der Waals surface area contributed by atoms with Crippen molar-refractivity contribution in [1.29, 1.82) is 0 Å². The summed E-state index contributed by atoms with van der Waals surface area (Å²) in [6.45, 7) is 0. The van der Waals surface area contributed by atoms with E-state index in [1.54, 1.807) is 0 Å². The molecule has 0 aliphatic heterocycles. The van der Waals surface area contributed by atoms with Crippen LogP contribution in [0.1, 0.15) is 24.3 Å². The van der Waals surface area contributed by atoms with E-state index in [1.807, 2.05) is 0 Å². The Kier molecular flexibility index (Phi) is 2.29. The lowest BCUT2D eigenvalue weighted by molar-refractivity contribution is 0.419. The average Bonchev–Trinajstić information content (AvgIpc) is 2.83. The van der Waals surface area contributed by atoms with Crippen molar-refractivity contribution < 1.29 is 18.8 Å². The van der Waals surface area contributed by atoms with E-state index in [-0.39, 0.29) is 5.92 Å². The quantitative estimate of drug-likeness (QED) is 0.680. The minimum Gasteiger partial charge on any atom is -0.423 e. The second-order valence-electron chi connectivity index (χ2n) is 3.55. The molecule has 5 heteroatoms. The van der Waals surface area contributed by atoms with E-state index in [9.17, 15) is 8.78 Å². The zero-order valence-electron chi connectivity index (χ0n) is 7.37. The van der Waals surface area contributed by atoms with Gasteiger partial charge in [0.05, 0.1) is 5.46 Å². The maximum absolute atomic E-state index is 13.2. The third-order valence-electron chi connectivity index (χ3n) is 2.41. The lowest BCUT2D eigenvalue weighted by Crippen LogP contribution is -2.35. The van der Waals surface area contributed by atoms with Gasteiger partial charge in [-0.25, -0.2) is 8.78 Å². The van der Waals surface area contributed by atoms with Gasteiger partial charge in [-0.3, -0.25) is 0 Å². The highest BCUT2D eigenvalue weighted by Crippen LogP contribution is 2.40. The molecular weight excluding hydrogens is 189 g/mol. The first kappa shape index (κ1) is 9.61. The van der Waals surface area contributed by atoms with Gasteiger partial charge in [-0.05, 0) is 36.5 Å². The molecule has 2 nitrogen and oxygen atoms in total. The molecule has 0 amide bonds. The fourth-order valence-electron chi connectivity index (χ4n) is 1.50. The molecule has 2 rings (SSSR count). The summed E-state index contributed by atoms with van der Waals surface area (Å²) in [4.78, 5) is 0. The largest absolute Gasteiger partial charge is 0.494 e. The van der Waals surface area contributed by atoms with E-state index in [4.69, 9.17) is 10.0 Å². The summed E-state index contributed by atoms with van der Waals surface area (Å²) in [6.07, 6.45) is 1.89.